The van der Waals surface area contributed by atoms with Gasteiger partial charge in [0.1, 0.15) is 16.8 Å². The Hall–Kier alpha value is -3.73. The molecule has 11 nitrogen and oxygen atoms in total. The molecule has 0 saturated heterocycles. The highest BCUT2D eigenvalue weighted by atomic mass is 16.5. The molecule has 3 heterocycles. The van der Waals surface area contributed by atoms with Crippen molar-refractivity contribution in [2.75, 3.05) is 18.2 Å². The maximum Gasteiger partial charge on any atom is 0.223 e. The zero-order valence-corrected chi connectivity index (χ0v) is 18.7. The molecule has 3 aromatic heterocycles. The van der Waals surface area contributed by atoms with E-state index in [4.69, 9.17) is 15.0 Å². The van der Waals surface area contributed by atoms with Gasteiger partial charge in [-0.05, 0) is 24.5 Å². The second kappa shape index (κ2) is 9.02. The maximum atomic E-state index is 5.91. The summed E-state index contributed by atoms with van der Waals surface area (Å²) < 4.78 is 12.6. The van der Waals surface area contributed by atoms with Gasteiger partial charge in [-0.1, -0.05) is 23.7 Å². The number of hydrogen-bond donors (Lipinski definition) is 3. The van der Waals surface area contributed by atoms with E-state index in [0.29, 0.717) is 42.2 Å². The number of rotatable bonds is 9. The van der Waals surface area contributed by atoms with E-state index in [9.17, 15) is 0 Å². The zero-order chi connectivity index (χ0) is 22.8. The predicted octanol–water partition coefficient (Wildman–Crippen LogP) is 2.41. The van der Waals surface area contributed by atoms with Gasteiger partial charge in [-0.25, -0.2) is 4.98 Å². The molecule has 1 aliphatic rings. The molecule has 33 heavy (non-hydrogen) atoms. The van der Waals surface area contributed by atoms with Gasteiger partial charge in [0.25, 0.3) is 0 Å². The quantitative estimate of drug-likeness (QED) is 0.349. The Labute approximate surface area is 190 Å². The Balaban J connectivity index is 1.39. The number of hydrogen-bond acceptors (Lipinski definition) is 10. The number of methoxy groups -OCH3 is 1. The van der Waals surface area contributed by atoms with Gasteiger partial charge in [0, 0.05) is 25.1 Å². The third-order valence-electron chi connectivity index (χ3n) is 5.86. The summed E-state index contributed by atoms with van der Waals surface area (Å²) in [4.78, 5) is 12.9. The van der Waals surface area contributed by atoms with Crippen LogP contribution in [-0.2, 0) is 19.6 Å². The van der Waals surface area contributed by atoms with Crippen molar-refractivity contribution in [3.05, 3.63) is 47.2 Å². The second-order valence-corrected chi connectivity index (χ2v) is 8.20. The van der Waals surface area contributed by atoms with Crippen molar-refractivity contribution in [1.82, 2.24) is 35.2 Å². The lowest BCUT2D eigenvalue weighted by Gasteiger charge is -2.26. The normalized spacial score (nSPS) is 13.9. The first-order chi connectivity index (χ1) is 16.1. The molecular weight excluding hydrogens is 422 g/mol. The molecule has 1 saturated carbocycles. The summed E-state index contributed by atoms with van der Waals surface area (Å²) in [6.07, 6.45) is 5.52. The monoisotopic (exact) mass is 449 g/mol. The van der Waals surface area contributed by atoms with Gasteiger partial charge in [0.15, 0.2) is 11.6 Å². The average Bonchev–Trinajstić information content (AvgIpc) is 3.37. The van der Waals surface area contributed by atoms with Crippen LogP contribution in [0.15, 0.2) is 28.9 Å². The number of nitrogens with one attached hydrogen (secondary N) is 2. The molecule has 0 radical (unpaired) electrons. The van der Waals surface area contributed by atoms with Crippen molar-refractivity contribution >= 4 is 22.8 Å². The molecule has 0 spiro atoms. The summed E-state index contributed by atoms with van der Waals surface area (Å²) in [5, 5.41) is 15.3. The highest BCUT2D eigenvalue weighted by Crippen LogP contribution is 2.26. The van der Waals surface area contributed by atoms with Crippen LogP contribution in [0.2, 0.25) is 0 Å². The Bertz CT molecular complexity index is 1260. The predicted molar refractivity (Wildman–Crippen MR) is 123 cm³/mol. The Kier molecular flexibility index (Phi) is 5.78. The van der Waals surface area contributed by atoms with E-state index in [-0.39, 0.29) is 5.95 Å². The van der Waals surface area contributed by atoms with E-state index in [1.807, 2.05) is 4.68 Å². The molecule has 0 atom stereocenters. The Morgan fingerprint density at radius 1 is 1.21 bits per heavy atom. The van der Waals surface area contributed by atoms with Crippen LogP contribution in [0.5, 0.6) is 5.75 Å². The van der Waals surface area contributed by atoms with E-state index in [1.54, 1.807) is 20.2 Å². The zero-order valence-electron chi connectivity index (χ0n) is 18.7. The fraction of sp³-hybridized carbons (Fsp3) is 0.409. The van der Waals surface area contributed by atoms with Gasteiger partial charge < -0.3 is 25.6 Å². The van der Waals surface area contributed by atoms with E-state index >= 15 is 0 Å². The molecule has 172 valence electrons. The molecule has 0 aliphatic heterocycles. The summed E-state index contributed by atoms with van der Waals surface area (Å²) in [5.41, 5.74) is 9.50. The van der Waals surface area contributed by atoms with Crippen LogP contribution in [0, 0.1) is 6.92 Å². The molecule has 4 N–H and O–H groups in total. The molecular formula is C22H27N9O2. The van der Waals surface area contributed by atoms with Crippen LogP contribution in [0.1, 0.15) is 42.1 Å². The molecule has 11 heteroatoms. The van der Waals surface area contributed by atoms with Crippen LogP contribution in [0.25, 0.3) is 11.0 Å². The second-order valence-electron chi connectivity index (χ2n) is 8.20. The van der Waals surface area contributed by atoms with Crippen LogP contribution in [-0.4, -0.2) is 43.0 Å². The Morgan fingerprint density at radius 3 is 2.82 bits per heavy atom. The third-order valence-corrected chi connectivity index (χ3v) is 5.86. The topological polar surface area (TPSA) is 142 Å². The first-order valence-corrected chi connectivity index (χ1v) is 11.0. The van der Waals surface area contributed by atoms with Crippen LogP contribution < -0.4 is 21.1 Å². The first-order valence-electron chi connectivity index (χ1n) is 11.0. The van der Waals surface area contributed by atoms with E-state index in [2.05, 4.69) is 54.0 Å². The third kappa shape index (κ3) is 4.58. The Morgan fingerprint density at radius 2 is 2.09 bits per heavy atom. The standard InChI is InChI=1S/C22H27N9O2/c1-13-27-19(30-33-13)11-25-21-20-17(28-22(23)29-21)10-26-31(20)12-15-7-6-14(8-18(15)32-2)9-24-16-4-3-5-16/h6-8,10,16,24H,3-5,9,11-12H2,1-2H3,(H3,23,25,28,29). The van der Waals surface area contributed by atoms with Gasteiger partial charge >= 0.3 is 0 Å². The summed E-state index contributed by atoms with van der Waals surface area (Å²) in [7, 11) is 1.69. The number of nitrogens with zero attached hydrogens (tertiary/aromatic N) is 6. The van der Waals surface area contributed by atoms with Gasteiger partial charge in [-0.3, -0.25) is 4.68 Å². The molecule has 1 aromatic carbocycles. The summed E-state index contributed by atoms with van der Waals surface area (Å²) in [6, 6.07) is 6.93. The SMILES string of the molecule is COc1cc(CNC2CCC2)ccc1Cn1ncc2nc(N)nc(NCc3noc(C)n3)c21. The molecule has 0 bridgehead atoms. The summed E-state index contributed by atoms with van der Waals surface area (Å²) in [5.74, 6) is 2.56. The van der Waals surface area contributed by atoms with Crippen LogP contribution in [0.3, 0.4) is 0 Å². The van der Waals surface area contributed by atoms with E-state index in [0.717, 1.165) is 23.4 Å². The molecule has 1 fully saturated rings. The number of aryl methyl sites for hydroxylation is 1. The number of nitrogen functional groups attached to an aromatic ring is 1. The highest BCUT2D eigenvalue weighted by molar-refractivity contribution is 5.86. The molecule has 5 rings (SSSR count). The highest BCUT2D eigenvalue weighted by Gasteiger charge is 2.18. The lowest BCUT2D eigenvalue weighted by atomic mass is 9.93. The fourth-order valence-electron chi connectivity index (χ4n) is 3.90. The van der Waals surface area contributed by atoms with Gasteiger partial charge in [-0.2, -0.15) is 15.1 Å². The lowest BCUT2D eigenvalue weighted by molar-refractivity contribution is 0.338. The van der Waals surface area contributed by atoms with Crippen molar-refractivity contribution in [3.8, 4) is 5.75 Å². The molecule has 0 unspecified atom stereocenters. The van der Waals surface area contributed by atoms with Crippen molar-refractivity contribution in [2.45, 2.75) is 51.9 Å². The number of aromatic nitrogens is 6. The minimum atomic E-state index is 0.162. The first kappa shape index (κ1) is 21.1. The van der Waals surface area contributed by atoms with Crippen LogP contribution in [0.4, 0.5) is 11.8 Å². The van der Waals surface area contributed by atoms with Crippen molar-refractivity contribution < 1.29 is 9.26 Å². The largest absolute Gasteiger partial charge is 0.496 e. The molecule has 1 aliphatic carbocycles. The number of anilines is 2. The van der Waals surface area contributed by atoms with Crippen molar-refractivity contribution in [3.63, 3.8) is 0 Å². The van der Waals surface area contributed by atoms with Gasteiger partial charge in [0.05, 0.1) is 26.4 Å². The summed E-state index contributed by atoms with van der Waals surface area (Å²) in [6.45, 7) is 3.41. The smallest absolute Gasteiger partial charge is 0.223 e. The number of benzene rings is 1. The fourth-order valence-corrected chi connectivity index (χ4v) is 3.90. The summed E-state index contributed by atoms with van der Waals surface area (Å²) >= 11 is 0. The van der Waals surface area contributed by atoms with Crippen molar-refractivity contribution in [1.29, 1.82) is 0 Å². The molecule has 4 aromatic rings. The number of fused-ring (bicyclic) bond motifs is 1. The van der Waals surface area contributed by atoms with Crippen molar-refractivity contribution in [2.24, 2.45) is 0 Å². The average molecular weight is 450 g/mol. The van der Waals surface area contributed by atoms with Gasteiger partial charge in [0.2, 0.25) is 11.8 Å². The number of ether oxygens (including phenoxy) is 1. The lowest BCUT2D eigenvalue weighted by Crippen LogP contribution is -2.34. The maximum absolute atomic E-state index is 5.91. The van der Waals surface area contributed by atoms with Gasteiger partial charge in [-0.15, -0.1) is 0 Å². The van der Waals surface area contributed by atoms with Crippen LogP contribution >= 0.6 is 0 Å². The van der Waals surface area contributed by atoms with E-state index < -0.39 is 0 Å². The minimum absolute atomic E-state index is 0.162. The minimum Gasteiger partial charge on any atom is -0.496 e. The van der Waals surface area contributed by atoms with E-state index in [1.165, 1.54) is 24.8 Å². The number of nitrogens with two attached hydrogens (primary N) is 1. The molecule has 0 amide bonds.